The minimum atomic E-state index is 0.325. The molecule has 108 valence electrons. The van der Waals surface area contributed by atoms with E-state index in [4.69, 9.17) is 5.11 Å². The van der Waals surface area contributed by atoms with E-state index in [2.05, 4.69) is 37.9 Å². The second kappa shape index (κ2) is 7.46. The van der Waals surface area contributed by atoms with Gasteiger partial charge in [-0.1, -0.05) is 27.7 Å². The molecule has 1 aliphatic rings. The zero-order valence-electron chi connectivity index (χ0n) is 12.7. The topological polar surface area (TPSA) is 35.5 Å². The first kappa shape index (κ1) is 15.9. The van der Waals surface area contributed by atoms with Gasteiger partial charge in [-0.2, -0.15) is 0 Å². The maximum absolute atomic E-state index is 8.96. The van der Waals surface area contributed by atoms with Crippen molar-refractivity contribution >= 4 is 0 Å². The predicted molar refractivity (Wildman–Crippen MR) is 77.8 cm³/mol. The second-order valence-electron chi connectivity index (χ2n) is 6.83. The number of nitrogens with zero attached hydrogens (tertiary/aromatic N) is 1. The third-order valence-electron chi connectivity index (χ3n) is 3.81. The smallest absolute Gasteiger partial charge is 0.0431 e. The number of aliphatic hydroxyl groups is 1. The lowest BCUT2D eigenvalue weighted by atomic mass is 9.91. The third-order valence-corrected chi connectivity index (χ3v) is 3.81. The van der Waals surface area contributed by atoms with Crippen molar-refractivity contribution in [2.24, 2.45) is 5.41 Å². The number of likely N-dealkylation sites (tertiary alicyclic amines) is 1. The Morgan fingerprint density at radius 2 is 2.11 bits per heavy atom. The Labute approximate surface area is 113 Å². The van der Waals surface area contributed by atoms with Crippen molar-refractivity contribution < 1.29 is 5.11 Å². The Morgan fingerprint density at radius 3 is 2.72 bits per heavy atom. The summed E-state index contributed by atoms with van der Waals surface area (Å²) >= 11 is 0. The van der Waals surface area contributed by atoms with Crippen LogP contribution in [0.3, 0.4) is 0 Å². The first-order valence-electron chi connectivity index (χ1n) is 7.53. The van der Waals surface area contributed by atoms with E-state index in [1.165, 1.54) is 25.9 Å². The van der Waals surface area contributed by atoms with E-state index in [0.29, 0.717) is 24.1 Å². The molecule has 0 aromatic rings. The molecule has 0 amide bonds. The van der Waals surface area contributed by atoms with Crippen LogP contribution in [0.15, 0.2) is 0 Å². The highest BCUT2D eigenvalue weighted by Crippen LogP contribution is 2.26. The molecular weight excluding hydrogens is 224 g/mol. The molecule has 1 atom stereocenters. The quantitative estimate of drug-likeness (QED) is 0.699. The molecule has 0 aromatic heterocycles. The first-order valence-corrected chi connectivity index (χ1v) is 7.53. The summed E-state index contributed by atoms with van der Waals surface area (Å²) < 4.78 is 0. The molecule has 0 saturated carbocycles. The van der Waals surface area contributed by atoms with E-state index in [9.17, 15) is 0 Å². The van der Waals surface area contributed by atoms with E-state index < -0.39 is 0 Å². The van der Waals surface area contributed by atoms with Crippen LogP contribution in [0.4, 0.5) is 0 Å². The summed E-state index contributed by atoms with van der Waals surface area (Å²) in [6.45, 7) is 12.9. The highest BCUT2D eigenvalue weighted by molar-refractivity contribution is 4.85. The molecule has 1 fully saturated rings. The van der Waals surface area contributed by atoms with Crippen LogP contribution in [0.1, 0.15) is 53.4 Å². The molecule has 1 unspecified atom stereocenters. The van der Waals surface area contributed by atoms with E-state index in [1.54, 1.807) is 0 Å². The predicted octanol–water partition coefficient (Wildman–Crippen LogP) is 2.25. The summed E-state index contributed by atoms with van der Waals surface area (Å²) in [5.41, 5.74) is 0.325. The molecule has 1 saturated heterocycles. The van der Waals surface area contributed by atoms with Crippen LogP contribution in [0.2, 0.25) is 0 Å². The second-order valence-corrected chi connectivity index (χ2v) is 6.83. The van der Waals surface area contributed by atoms with E-state index in [0.717, 1.165) is 19.4 Å². The van der Waals surface area contributed by atoms with Crippen molar-refractivity contribution in [2.45, 2.75) is 65.5 Å². The summed E-state index contributed by atoms with van der Waals surface area (Å²) in [7, 11) is 0. The molecule has 0 spiro atoms. The standard InChI is InChI=1S/C15H32N2O/c1-13(2)16-11-15(3,4)12-17-9-5-7-14(17)8-6-10-18/h13-14,16,18H,5-12H2,1-4H3. The molecule has 0 radical (unpaired) electrons. The third kappa shape index (κ3) is 5.68. The van der Waals surface area contributed by atoms with Gasteiger partial charge in [0.2, 0.25) is 0 Å². The lowest BCUT2D eigenvalue weighted by molar-refractivity contribution is 0.148. The van der Waals surface area contributed by atoms with Gasteiger partial charge in [0.05, 0.1) is 0 Å². The number of rotatable bonds is 8. The molecule has 1 heterocycles. The van der Waals surface area contributed by atoms with Gasteiger partial charge in [-0.25, -0.2) is 0 Å². The summed E-state index contributed by atoms with van der Waals surface area (Å²) in [4.78, 5) is 2.64. The molecule has 3 nitrogen and oxygen atoms in total. The Balaban J connectivity index is 2.38. The summed E-state index contributed by atoms with van der Waals surface area (Å²) in [5, 5.41) is 12.5. The van der Waals surface area contributed by atoms with E-state index >= 15 is 0 Å². The number of aliphatic hydroxyl groups excluding tert-OH is 1. The maximum atomic E-state index is 8.96. The molecule has 0 aliphatic carbocycles. The van der Waals surface area contributed by atoms with Crippen molar-refractivity contribution in [3.63, 3.8) is 0 Å². The SMILES string of the molecule is CC(C)NCC(C)(C)CN1CCCC1CCCO. The van der Waals surface area contributed by atoms with Gasteiger partial charge in [0.15, 0.2) is 0 Å². The minimum absolute atomic E-state index is 0.325. The Hall–Kier alpha value is -0.120. The van der Waals surface area contributed by atoms with Crippen LogP contribution in [0, 0.1) is 5.41 Å². The fourth-order valence-electron chi connectivity index (χ4n) is 2.84. The van der Waals surface area contributed by atoms with Crippen LogP contribution >= 0.6 is 0 Å². The summed E-state index contributed by atoms with van der Waals surface area (Å²) in [5.74, 6) is 0. The molecule has 18 heavy (non-hydrogen) atoms. The monoisotopic (exact) mass is 256 g/mol. The van der Waals surface area contributed by atoms with Crippen molar-refractivity contribution in [2.75, 3.05) is 26.2 Å². The number of hydrogen-bond donors (Lipinski definition) is 2. The molecular formula is C15H32N2O. The van der Waals surface area contributed by atoms with Crippen LogP contribution in [-0.2, 0) is 0 Å². The maximum Gasteiger partial charge on any atom is 0.0431 e. The van der Waals surface area contributed by atoms with Crippen molar-refractivity contribution in [3.05, 3.63) is 0 Å². The highest BCUT2D eigenvalue weighted by Gasteiger charge is 2.29. The van der Waals surface area contributed by atoms with Gasteiger partial charge >= 0.3 is 0 Å². The normalized spacial score (nSPS) is 22.0. The van der Waals surface area contributed by atoms with Gasteiger partial charge in [0.1, 0.15) is 0 Å². The zero-order valence-corrected chi connectivity index (χ0v) is 12.7. The molecule has 3 heteroatoms. The number of nitrogens with one attached hydrogen (secondary N) is 1. The summed E-state index contributed by atoms with van der Waals surface area (Å²) in [6.07, 6.45) is 4.74. The van der Waals surface area contributed by atoms with Crippen molar-refractivity contribution in [1.29, 1.82) is 0 Å². The molecule has 1 rings (SSSR count). The van der Waals surface area contributed by atoms with Crippen LogP contribution in [-0.4, -0.2) is 48.3 Å². The Kier molecular flexibility index (Phi) is 6.61. The largest absolute Gasteiger partial charge is 0.396 e. The van der Waals surface area contributed by atoms with Crippen LogP contribution in [0.5, 0.6) is 0 Å². The van der Waals surface area contributed by atoms with Crippen LogP contribution in [0.25, 0.3) is 0 Å². The van der Waals surface area contributed by atoms with Crippen molar-refractivity contribution in [3.8, 4) is 0 Å². The summed E-state index contributed by atoms with van der Waals surface area (Å²) in [6, 6.07) is 1.27. The van der Waals surface area contributed by atoms with E-state index in [-0.39, 0.29) is 0 Å². The Bertz CT molecular complexity index is 229. The van der Waals surface area contributed by atoms with Gasteiger partial charge in [0, 0.05) is 31.8 Å². The average Bonchev–Trinajstić information content (AvgIpc) is 2.70. The van der Waals surface area contributed by atoms with Gasteiger partial charge < -0.3 is 10.4 Å². The molecule has 0 aromatic carbocycles. The highest BCUT2D eigenvalue weighted by atomic mass is 16.2. The zero-order chi connectivity index (χ0) is 13.6. The van der Waals surface area contributed by atoms with Gasteiger partial charge in [-0.05, 0) is 37.6 Å². The first-order chi connectivity index (χ1) is 8.44. The van der Waals surface area contributed by atoms with Gasteiger partial charge in [0.25, 0.3) is 0 Å². The lowest BCUT2D eigenvalue weighted by Crippen LogP contribution is -2.43. The molecule has 0 bridgehead atoms. The minimum Gasteiger partial charge on any atom is -0.396 e. The molecule has 1 aliphatic heterocycles. The fraction of sp³-hybridized carbons (Fsp3) is 1.00. The van der Waals surface area contributed by atoms with Crippen LogP contribution < -0.4 is 5.32 Å². The van der Waals surface area contributed by atoms with Crippen molar-refractivity contribution in [1.82, 2.24) is 10.2 Å². The molecule has 2 N–H and O–H groups in total. The van der Waals surface area contributed by atoms with Gasteiger partial charge in [-0.3, -0.25) is 4.90 Å². The van der Waals surface area contributed by atoms with E-state index in [1.807, 2.05) is 0 Å². The average molecular weight is 256 g/mol. The Morgan fingerprint density at radius 1 is 1.39 bits per heavy atom. The van der Waals surface area contributed by atoms with Gasteiger partial charge in [-0.15, -0.1) is 0 Å². The fourth-order valence-corrected chi connectivity index (χ4v) is 2.84. The lowest BCUT2D eigenvalue weighted by Gasteiger charge is -2.34. The number of hydrogen-bond acceptors (Lipinski definition) is 3.